The van der Waals surface area contributed by atoms with E-state index in [0.29, 0.717) is 11.4 Å². The third-order valence-corrected chi connectivity index (χ3v) is 2.09. The van der Waals surface area contributed by atoms with Crippen LogP contribution >= 0.6 is 0 Å². The number of hydrogen-bond acceptors (Lipinski definition) is 4. The number of aromatic nitrogens is 1. The van der Waals surface area contributed by atoms with Crippen molar-refractivity contribution in [1.82, 2.24) is 4.98 Å². The summed E-state index contributed by atoms with van der Waals surface area (Å²) < 4.78 is 4.90. The minimum Gasteiger partial charge on any atom is -0.481 e. The lowest BCUT2D eigenvalue weighted by atomic mass is 10.1. The maximum absolute atomic E-state index is 10.8. The zero-order valence-electron chi connectivity index (χ0n) is 9.51. The molecule has 0 atom stereocenters. The Bertz CT molecular complexity index is 396. The predicted octanol–water partition coefficient (Wildman–Crippen LogP) is 2.36. The van der Waals surface area contributed by atoms with Crippen molar-refractivity contribution in [2.75, 3.05) is 7.11 Å². The highest BCUT2D eigenvalue weighted by molar-refractivity contribution is 5.50. The summed E-state index contributed by atoms with van der Waals surface area (Å²) in [5.74, 6) is 0.362. The molecular weight excluding hydrogens is 208 g/mol. The molecule has 1 aromatic rings. The van der Waals surface area contributed by atoms with Gasteiger partial charge in [0, 0.05) is 24.3 Å². The van der Waals surface area contributed by atoms with Crippen LogP contribution in [-0.4, -0.2) is 17.0 Å². The van der Waals surface area contributed by atoms with Gasteiger partial charge in [0.2, 0.25) is 11.6 Å². The summed E-state index contributed by atoms with van der Waals surface area (Å²) in [4.78, 5) is 14.4. The summed E-state index contributed by atoms with van der Waals surface area (Å²) >= 11 is 0. The molecule has 0 spiro atoms. The molecule has 0 aliphatic carbocycles. The fraction of sp³-hybridized carbons (Fsp3) is 0.364. The number of ether oxygens (including phenoxy) is 1. The van der Waals surface area contributed by atoms with Crippen LogP contribution in [0.2, 0.25) is 0 Å². The Hall–Kier alpha value is -1.91. The zero-order chi connectivity index (χ0) is 12.1. The van der Waals surface area contributed by atoms with Gasteiger partial charge in [-0.3, -0.25) is 10.1 Å². The first kappa shape index (κ1) is 12.2. The van der Waals surface area contributed by atoms with Crippen molar-refractivity contribution >= 4 is 6.08 Å². The van der Waals surface area contributed by atoms with Crippen LogP contribution in [0, 0.1) is 16.0 Å². The van der Waals surface area contributed by atoms with E-state index in [1.807, 2.05) is 0 Å². The lowest BCUT2D eigenvalue weighted by molar-refractivity contribution is -0.431. The molecule has 0 aliphatic rings. The number of nitrogens with zero attached hydrogens (tertiary/aromatic N) is 2. The van der Waals surface area contributed by atoms with E-state index < -0.39 is 0 Å². The Morgan fingerprint density at radius 3 is 2.62 bits per heavy atom. The van der Waals surface area contributed by atoms with Gasteiger partial charge in [-0.2, -0.15) is 0 Å². The van der Waals surface area contributed by atoms with Crippen molar-refractivity contribution in [1.29, 1.82) is 0 Å². The zero-order valence-corrected chi connectivity index (χ0v) is 9.51. The van der Waals surface area contributed by atoms with E-state index in [1.165, 1.54) is 13.2 Å². The number of allylic oxidation sites excluding steroid dienone is 1. The van der Waals surface area contributed by atoms with Crippen LogP contribution in [0.5, 0.6) is 5.88 Å². The molecule has 0 aromatic carbocycles. The second-order valence-electron chi connectivity index (χ2n) is 3.61. The van der Waals surface area contributed by atoms with E-state index in [0.717, 1.165) is 0 Å². The molecule has 0 aliphatic heterocycles. The molecule has 86 valence electrons. The summed E-state index contributed by atoms with van der Waals surface area (Å²) in [7, 11) is 1.52. The molecule has 0 saturated carbocycles. The van der Waals surface area contributed by atoms with Crippen LogP contribution in [0.4, 0.5) is 0 Å². The van der Waals surface area contributed by atoms with Gasteiger partial charge in [0.25, 0.3) is 0 Å². The fourth-order valence-electron chi connectivity index (χ4n) is 1.20. The van der Waals surface area contributed by atoms with Gasteiger partial charge in [-0.15, -0.1) is 0 Å². The van der Waals surface area contributed by atoms with E-state index in [1.54, 1.807) is 32.2 Å². The Morgan fingerprint density at radius 2 is 2.25 bits per heavy atom. The van der Waals surface area contributed by atoms with Crippen molar-refractivity contribution in [3.05, 3.63) is 39.7 Å². The van der Waals surface area contributed by atoms with Gasteiger partial charge in [-0.05, 0) is 11.6 Å². The molecule has 0 saturated heterocycles. The minimum absolute atomic E-state index is 0.128. The van der Waals surface area contributed by atoms with Crippen molar-refractivity contribution < 1.29 is 9.66 Å². The molecule has 0 N–H and O–H groups in total. The maximum Gasteiger partial charge on any atom is 0.249 e. The van der Waals surface area contributed by atoms with Crippen molar-refractivity contribution in [3.8, 4) is 5.88 Å². The Kier molecular flexibility index (Phi) is 3.99. The Morgan fingerprint density at radius 1 is 1.56 bits per heavy atom. The Balaban J connectivity index is 2.99. The molecule has 0 amide bonds. The molecule has 5 nitrogen and oxygen atoms in total. The van der Waals surface area contributed by atoms with E-state index in [-0.39, 0.29) is 16.5 Å². The standard InChI is InChI=1S/C11H14N2O3/c1-8(2)10(13(14)15)6-9-4-5-11(16-3)12-7-9/h4-8H,1-3H3/b10-6-. The van der Waals surface area contributed by atoms with Crippen LogP contribution in [0.1, 0.15) is 19.4 Å². The first-order valence-electron chi connectivity index (χ1n) is 4.90. The molecule has 5 heteroatoms. The van der Waals surface area contributed by atoms with Crippen LogP contribution in [0.25, 0.3) is 6.08 Å². The Labute approximate surface area is 93.9 Å². The lowest BCUT2D eigenvalue weighted by Crippen LogP contribution is -2.05. The highest BCUT2D eigenvalue weighted by atomic mass is 16.6. The van der Waals surface area contributed by atoms with E-state index in [2.05, 4.69) is 4.98 Å². The first-order chi connectivity index (χ1) is 7.54. The highest BCUT2D eigenvalue weighted by Crippen LogP contribution is 2.16. The topological polar surface area (TPSA) is 65.3 Å². The number of pyridine rings is 1. The third kappa shape index (κ3) is 3.05. The normalized spacial score (nSPS) is 11.6. The monoisotopic (exact) mass is 222 g/mol. The van der Waals surface area contributed by atoms with Crippen molar-refractivity contribution in [2.45, 2.75) is 13.8 Å². The summed E-state index contributed by atoms with van der Waals surface area (Å²) in [6.07, 6.45) is 3.07. The van der Waals surface area contributed by atoms with Gasteiger partial charge in [-0.25, -0.2) is 4.98 Å². The van der Waals surface area contributed by atoms with Gasteiger partial charge in [0.15, 0.2) is 0 Å². The predicted molar refractivity (Wildman–Crippen MR) is 60.6 cm³/mol. The molecule has 0 unspecified atom stereocenters. The van der Waals surface area contributed by atoms with E-state index in [4.69, 9.17) is 4.74 Å². The van der Waals surface area contributed by atoms with Gasteiger partial charge < -0.3 is 4.74 Å². The molecule has 0 radical (unpaired) electrons. The molecule has 0 bridgehead atoms. The van der Waals surface area contributed by atoms with E-state index in [9.17, 15) is 10.1 Å². The number of methoxy groups -OCH3 is 1. The number of rotatable bonds is 4. The van der Waals surface area contributed by atoms with Crippen LogP contribution < -0.4 is 4.74 Å². The minimum atomic E-state index is -0.366. The van der Waals surface area contributed by atoms with Crippen LogP contribution in [0.15, 0.2) is 24.0 Å². The molecule has 1 aromatic heterocycles. The van der Waals surface area contributed by atoms with Gasteiger partial charge in [-0.1, -0.05) is 13.8 Å². The van der Waals surface area contributed by atoms with Gasteiger partial charge in [0.1, 0.15) is 0 Å². The van der Waals surface area contributed by atoms with Gasteiger partial charge >= 0.3 is 0 Å². The largest absolute Gasteiger partial charge is 0.481 e. The molecule has 16 heavy (non-hydrogen) atoms. The fourth-order valence-corrected chi connectivity index (χ4v) is 1.20. The smallest absolute Gasteiger partial charge is 0.249 e. The highest BCUT2D eigenvalue weighted by Gasteiger charge is 2.15. The summed E-state index contributed by atoms with van der Waals surface area (Å²) in [5, 5.41) is 10.8. The SMILES string of the molecule is COc1ccc(/C=C(/C(C)C)[N+](=O)[O-])cn1. The number of nitro groups is 1. The lowest BCUT2D eigenvalue weighted by Gasteiger charge is -2.02. The summed E-state index contributed by atoms with van der Waals surface area (Å²) in [6.45, 7) is 3.57. The third-order valence-electron chi connectivity index (χ3n) is 2.09. The van der Waals surface area contributed by atoms with Crippen LogP contribution in [0.3, 0.4) is 0 Å². The maximum atomic E-state index is 10.8. The van der Waals surface area contributed by atoms with Gasteiger partial charge in [0.05, 0.1) is 12.0 Å². The second kappa shape index (κ2) is 5.25. The average molecular weight is 222 g/mol. The quantitative estimate of drug-likeness (QED) is 0.579. The molecular formula is C11H14N2O3. The van der Waals surface area contributed by atoms with Crippen LogP contribution in [-0.2, 0) is 0 Å². The van der Waals surface area contributed by atoms with Crippen molar-refractivity contribution in [3.63, 3.8) is 0 Å². The summed E-state index contributed by atoms with van der Waals surface area (Å²) in [5.41, 5.74) is 0.869. The molecule has 1 heterocycles. The number of hydrogen-bond donors (Lipinski definition) is 0. The first-order valence-corrected chi connectivity index (χ1v) is 4.90. The average Bonchev–Trinajstić information content (AvgIpc) is 2.25. The summed E-state index contributed by atoms with van der Waals surface area (Å²) in [6, 6.07) is 3.40. The van der Waals surface area contributed by atoms with E-state index >= 15 is 0 Å². The molecule has 1 rings (SSSR count). The van der Waals surface area contributed by atoms with Crippen molar-refractivity contribution in [2.24, 2.45) is 5.92 Å². The second-order valence-corrected chi connectivity index (χ2v) is 3.61. The molecule has 0 fully saturated rings.